The Hall–Kier alpha value is -1.88. The second kappa shape index (κ2) is 5.25. The first kappa shape index (κ1) is 14.5. The first-order chi connectivity index (χ1) is 9.27. The topological polar surface area (TPSA) is 35.2 Å². The van der Waals surface area contributed by atoms with Crippen LogP contribution in [0, 0.1) is 6.92 Å². The van der Waals surface area contributed by atoms with Gasteiger partial charge in [0.15, 0.2) is 0 Å². The van der Waals surface area contributed by atoms with Crippen molar-refractivity contribution in [1.29, 1.82) is 0 Å². The van der Waals surface area contributed by atoms with E-state index in [1.807, 2.05) is 6.92 Å². The normalized spacial score (nSPS) is 11.4. The molecule has 0 heterocycles. The molecule has 0 atom stereocenters. The zero-order valence-corrected chi connectivity index (χ0v) is 11.2. The Bertz CT molecular complexity index is 641. The SMILES string of the molecule is Cc1ccc(Oc2ccc(N)c(C(F)(F)F)c2)c(Cl)c1. The largest absolute Gasteiger partial charge is 0.456 e. The van der Waals surface area contributed by atoms with Gasteiger partial charge in [-0.15, -0.1) is 0 Å². The average molecular weight is 302 g/mol. The minimum Gasteiger partial charge on any atom is -0.456 e. The molecule has 20 heavy (non-hydrogen) atoms. The van der Waals surface area contributed by atoms with Crippen LogP contribution in [0.25, 0.3) is 0 Å². The molecule has 0 aliphatic rings. The summed E-state index contributed by atoms with van der Waals surface area (Å²) in [6.45, 7) is 1.85. The van der Waals surface area contributed by atoms with Gasteiger partial charge in [-0.2, -0.15) is 13.2 Å². The fourth-order valence-corrected chi connectivity index (χ4v) is 1.93. The van der Waals surface area contributed by atoms with E-state index in [4.69, 9.17) is 22.1 Å². The van der Waals surface area contributed by atoms with Gasteiger partial charge in [-0.05, 0) is 42.8 Å². The molecule has 0 aliphatic heterocycles. The number of nitrogens with two attached hydrogens (primary N) is 1. The second-order valence-electron chi connectivity index (χ2n) is 4.28. The lowest BCUT2D eigenvalue weighted by Gasteiger charge is -2.13. The van der Waals surface area contributed by atoms with Gasteiger partial charge in [-0.3, -0.25) is 0 Å². The molecule has 2 nitrogen and oxygen atoms in total. The Kier molecular flexibility index (Phi) is 3.81. The van der Waals surface area contributed by atoms with Crippen LogP contribution in [0.2, 0.25) is 5.02 Å². The van der Waals surface area contributed by atoms with Gasteiger partial charge in [-0.1, -0.05) is 17.7 Å². The maximum absolute atomic E-state index is 12.7. The molecular formula is C14H11ClF3NO. The molecule has 0 fully saturated rings. The van der Waals surface area contributed by atoms with Gasteiger partial charge in [0.1, 0.15) is 11.5 Å². The molecule has 0 bridgehead atoms. The van der Waals surface area contributed by atoms with Crippen LogP contribution >= 0.6 is 11.6 Å². The van der Waals surface area contributed by atoms with Crippen molar-refractivity contribution in [2.24, 2.45) is 0 Å². The molecular weight excluding hydrogens is 291 g/mol. The van der Waals surface area contributed by atoms with Gasteiger partial charge in [0.05, 0.1) is 10.6 Å². The lowest BCUT2D eigenvalue weighted by Crippen LogP contribution is -2.08. The molecule has 2 N–H and O–H groups in total. The first-order valence-corrected chi connectivity index (χ1v) is 6.06. The molecule has 0 aliphatic carbocycles. The van der Waals surface area contributed by atoms with Crippen molar-refractivity contribution in [1.82, 2.24) is 0 Å². The quantitative estimate of drug-likeness (QED) is 0.789. The van der Waals surface area contributed by atoms with Crippen molar-refractivity contribution in [3.63, 3.8) is 0 Å². The van der Waals surface area contributed by atoms with E-state index in [0.717, 1.165) is 17.7 Å². The number of anilines is 1. The third kappa shape index (κ3) is 3.17. The number of rotatable bonds is 2. The molecule has 2 aromatic rings. The molecule has 2 rings (SSSR count). The van der Waals surface area contributed by atoms with Gasteiger partial charge in [0, 0.05) is 5.69 Å². The summed E-state index contributed by atoms with van der Waals surface area (Å²) in [4.78, 5) is 0. The molecule has 0 amide bonds. The fourth-order valence-electron chi connectivity index (χ4n) is 1.66. The lowest BCUT2D eigenvalue weighted by molar-refractivity contribution is -0.137. The van der Waals surface area contributed by atoms with E-state index in [1.165, 1.54) is 6.07 Å². The van der Waals surface area contributed by atoms with Crippen molar-refractivity contribution < 1.29 is 17.9 Å². The van der Waals surface area contributed by atoms with Crippen LogP contribution < -0.4 is 10.5 Å². The molecule has 0 radical (unpaired) electrons. The summed E-state index contributed by atoms with van der Waals surface area (Å²) in [7, 11) is 0. The van der Waals surface area contributed by atoms with Gasteiger partial charge in [0.25, 0.3) is 0 Å². The molecule has 106 valence electrons. The Morgan fingerprint density at radius 2 is 1.80 bits per heavy atom. The summed E-state index contributed by atoms with van der Waals surface area (Å²) >= 11 is 5.97. The van der Waals surface area contributed by atoms with Crippen LogP contribution in [-0.4, -0.2) is 0 Å². The minimum absolute atomic E-state index is 0.0253. The molecule has 2 aromatic carbocycles. The van der Waals surface area contributed by atoms with Gasteiger partial charge in [-0.25, -0.2) is 0 Å². The van der Waals surface area contributed by atoms with Gasteiger partial charge >= 0.3 is 6.18 Å². The predicted molar refractivity (Wildman–Crippen MR) is 72.1 cm³/mol. The molecule has 0 unspecified atom stereocenters. The smallest absolute Gasteiger partial charge is 0.418 e. The van der Waals surface area contributed by atoms with E-state index in [0.29, 0.717) is 5.02 Å². The van der Waals surface area contributed by atoms with Crippen molar-refractivity contribution in [2.75, 3.05) is 5.73 Å². The number of aryl methyl sites for hydroxylation is 1. The van der Waals surface area contributed by atoms with Crippen LogP contribution in [0.5, 0.6) is 11.5 Å². The molecule has 0 aromatic heterocycles. The van der Waals surface area contributed by atoms with E-state index in [2.05, 4.69) is 0 Å². The standard InChI is InChI=1S/C14H11ClF3NO/c1-8-2-5-13(11(15)6-8)20-9-3-4-12(19)10(7-9)14(16,17)18/h2-7H,19H2,1H3. The third-order valence-electron chi connectivity index (χ3n) is 2.65. The fraction of sp³-hybridized carbons (Fsp3) is 0.143. The number of halogens is 4. The number of hydrogen-bond donors (Lipinski definition) is 1. The van der Waals surface area contributed by atoms with Gasteiger partial charge in [0.2, 0.25) is 0 Å². The lowest BCUT2D eigenvalue weighted by atomic mass is 10.1. The Morgan fingerprint density at radius 3 is 2.40 bits per heavy atom. The highest BCUT2D eigenvalue weighted by Crippen LogP contribution is 2.37. The van der Waals surface area contributed by atoms with E-state index >= 15 is 0 Å². The first-order valence-electron chi connectivity index (χ1n) is 5.68. The second-order valence-corrected chi connectivity index (χ2v) is 4.69. The number of benzene rings is 2. The van der Waals surface area contributed by atoms with Crippen molar-refractivity contribution >= 4 is 17.3 Å². The van der Waals surface area contributed by atoms with Crippen LogP contribution in [0.4, 0.5) is 18.9 Å². The maximum Gasteiger partial charge on any atom is 0.418 e. The number of hydrogen-bond acceptors (Lipinski definition) is 2. The summed E-state index contributed by atoms with van der Waals surface area (Å²) < 4.78 is 43.6. The number of ether oxygens (including phenoxy) is 1. The third-order valence-corrected chi connectivity index (χ3v) is 2.94. The minimum atomic E-state index is -4.53. The predicted octanol–water partition coefficient (Wildman–Crippen LogP) is 5.04. The zero-order chi connectivity index (χ0) is 14.9. The van der Waals surface area contributed by atoms with Crippen molar-refractivity contribution in [3.05, 3.63) is 52.5 Å². The molecule has 0 saturated heterocycles. The van der Waals surface area contributed by atoms with E-state index in [-0.39, 0.29) is 17.2 Å². The maximum atomic E-state index is 12.7. The molecule has 0 saturated carbocycles. The van der Waals surface area contributed by atoms with Crippen LogP contribution in [-0.2, 0) is 6.18 Å². The van der Waals surface area contributed by atoms with Crippen molar-refractivity contribution in [3.8, 4) is 11.5 Å². The van der Waals surface area contributed by atoms with Crippen LogP contribution in [0.15, 0.2) is 36.4 Å². The zero-order valence-electron chi connectivity index (χ0n) is 10.5. The highest BCUT2D eigenvalue weighted by atomic mass is 35.5. The summed E-state index contributed by atoms with van der Waals surface area (Å²) in [5.41, 5.74) is 4.96. The highest BCUT2D eigenvalue weighted by Gasteiger charge is 2.33. The average Bonchev–Trinajstić information content (AvgIpc) is 2.33. The highest BCUT2D eigenvalue weighted by molar-refractivity contribution is 6.32. The molecule has 0 spiro atoms. The Morgan fingerprint density at radius 1 is 1.10 bits per heavy atom. The number of alkyl halides is 3. The van der Waals surface area contributed by atoms with E-state index in [9.17, 15) is 13.2 Å². The summed E-state index contributed by atoms with van der Waals surface area (Å²) in [6, 6.07) is 8.38. The summed E-state index contributed by atoms with van der Waals surface area (Å²) in [5, 5.41) is 0.329. The Balaban J connectivity index is 2.35. The van der Waals surface area contributed by atoms with Gasteiger partial charge < -0.3 is 10.5 Å². The van der Waals surface area contributed by atoms with Crippen molar-refractivity contribution in [2.45, 2.75) is 13.1 Å². The summed E-state index contributed by atoms with van der Waals surface area (Å²) in [5.74, 6) is 0.312. The van der Waals surface area contributed by atoms with Crippen LogP contribution in [0.1, 0.15) is 11.1 Å². The Labute approximate surface area is 118 Å². The van der Waals surface area contributed by atoms with E-state index < -0.39 is 11.7 Å². The monoisotopic (exact) mass is 301 g/mol. The summed E-state index contributed by atoms with van der Waals surface area (Å²) in [6.07, 6.45) is -4.53. The van der Waals surface area contributed by atoms with E-state index in [1.54, 1.807) is 18.2 Å². The van der Waals surface area contributed by atoms with Crippen LogP contribution in [0.3, 0.4) is 0 Å². The number of nitrogen functional groups attached to an aromatic ring is 1. The molecule has 6 heteroatoms.